The largest absolute Gasteiger partial charge is 0.477 e. The average Bonchev–Trinajstić information content (AvgIpc) is 2.74. The molecule has 0 saturated heterocycles. The zero-order chi connectivity index (χ0) is 22.9. The first-order valence-electron chi connectivity index (χ1n) is 8.81. The Bertz CT molecular complexity index is 1270. The van der Waals surface area contributed by atoms with Crippen molar-refractivity contribution in [3.63, 3.8) is 0 Å². The smallest absolute Gasteiger partial charge is 0.341 e. The Morgan fingerprint density at radius 2 is 1.16 bits per heavy atom. The Hall–Kier alpha value is -3.26. The van der Waals surface area contributed by atoms with Crippen molar-refractivity contribution in [2.75, 3.05) is 0 Å². The van der Waals surface area contributed by atoms with E-state index in [2.05, 4.69) is 22.0 Å². The zero-order valence-corrected chi connectivity index (χ0v) is 17.4. The molecule has 4 aromatic carbocycles. The van der Waals surface area contributed by atoms with Gasteiger partial charge in [0.2, 0.25) is 0 Å². The van der Waals surface area contributed by atoms with E-state index < -0.39 is 39.3 Å². The molecule has 0 spiro atoms. The molecule has 0 saturated carbocycles. The van der Waals surface area contributed by atoms with E-state index in [9.17, 15) is 27.2 Å². The fourth-order valence-corrected chi connectivity index (χ4v) is 3.53. The third kappa shape index (κ3) is 4.16. The molecule has 8 heteroatoms. The van der Waals surface area contributed by atoms with E-state index in [1.54, 1.807) is 6.92 Å². The van der Waals surface area contributed by atoms with Gasteiger partial charge in [-0.05, 0) is 50.5 Å². The second-order valence-electron chi connectivity index (χ2n) is 6.50. The molecule has 0 unspecified atom stereocenters. The molecule has 4 rings (SSSR count). The number of benzene rings is 4. The molecular formula is C23H13BrF4O3. The van der Waals surface area contributed by atoms with Gasteiger partial charge in [0.15, 0.2) is 29.1 Å². The van der Waals surface area contributed by atoms with Gasteiger partial charge in [0.25, 0.3) is 0 Å². The van der Waals surface area contributed by atoms with Gasteiger partial charge < -0.3 is 5.11 Å². The van der Waals surface area contributed by atoms with Crippen molar-refractivity contribution < 1.29 is 32.3 Å². The van der Waals surface area contributed by atoms with Crippen LogP contribution in [0.5, 0.6) is 0 Å². The Morgan fingerprint density at radius 1 is 0.742 bits per heavy atom. The van der Waals surface area contributed by atoms with Crippen LogP contribution in [0.4, 0.5) is 17.6 Å². The summed E-state index contributed by atoms with van der Waals surface area (Å²) in [5.74, 6) is -9.39. The standard InChI is InChI=1S/C16H12O.C7HBrF4O2/c1-11(17)16-14-8-4-2-6-12(14)10-13-7-3-5-9-15(13)16;8-2-5(11)3(9)1(7(13)14)4(10)6(2)12/h2-10H,1H3;(H,13,14). The van der Waals surface area contributed by atoms with Crippen molar-refractivity contribution in [3.8, 4) is 0 Å². The van der Waals surface area contributed by atoms with Crippen molar-refractivity contribution in [1.82, 2.24) is 0 Å². The maximum absolute atomic E-state index is 12.8. The number of carboxylic acid groups (broad SMARTS) is 1. The summed E-state index contributed by atoms with van der Waals surface area (Å²) in [4.78, 5) is 22.1. The minimum Gasteiger partial charge on any atom is -0.477 e. The predicted octanol–water partition coefficient (Wildman–Crippen LogP) is 6.90. The molecule has 0 atom stereocenters. The third-order valence-electron chi connectivity index (χ3n) is 4.55. The minimum absolute atomic E-state index is 0.123. The molecule has 0 aromatic heterocycles. The highest BCUT2D eigenvalue weighted by Crippen LogP contribution is 2.29. The van der Waals surface area contributed by atoms with Gasteiger partial charge >= 0.3 is 5.97 Å². The van der Waals surface area contributed by atoms with Crippen molar-refractivity contribution in [3.05, 3.63) is 93.5 Å². The van der Waals surface area contributed by atoms with E-state index in [-0.39, 0.29) is 5.78 Å². The van der Waals surface area contributed by atoms with Crippen LogP contribution in [0, 0.1) is 23.3 Å². The fourth-order valence-electron chi connectivity index (χ4n) is 3.19. The minimum atomic E-state index is -2.08. The lowest BCUT2D eigenvalue weighted by molar-refractivity contribution is 0.0683. The van der Waals surface area contributed by atoms with Crippen LogP contribution in [-0.2, 0) is 0 Å². The van der Waals surface area contributed by atoms with Crippen LogP contribution in [0.25, 0.3) is 21.5 Å². The Labute approximate surface area is 182 Å². The van der Waals surface area contributed by atoms with Crippen LogP contribution in [0.3, 0.4) is 0 Å². The first-order valence-corrected chi connectivity index (χ1v) is 9.60. The van der Waals surface area contributed by atoms with Crippen molar-refractivity contribution in [2.45, 2.75) is 6.92 Å². The second-order valence-corrected chi connectivity index (χ2v) is 7.29. The van der Waals surface area contributed by atoms with Crippen LogP contribution in [0.15, 0.2) is 59.1 Å². The number of carboxylic acids is 1. The van der Waals surface area contributed by atoms with E-state index in [1.165, 1.54) is 0 Å². The highest BCUT2D eigenvalue weighted by molar-refractivity contribution is 9.10. The van der Waals surface area contributed by atoms with Crippen molar-refractivity contribution in [1.29, 1.82) is 0 Å². The van der Waals surface area contributed by atoms with Gasteiger partial charge in [-0.15, -0.1) is 0 Å². The maximum Gasteiger partial charge on any atom is 0.341 e. The van der Waals surface area contributed by atoms with Gasteiger partial charge in [-0.3, -0.25) is 4.79 Å². The maximum atomic E-state index is 12.8. The van der Waals surface area contributed by atoms with Crippen molar-refractivity contribution in [2.24, 2.45) is 0 Å². The van der Waals surface area contributed by atoms with E-state index in [0.717, 1.165) is 27.1 Å². The number of Topliss-reactive ketones (excluding diaryl/α,β-unsaturated/α-hetero) is 1. The van der Waals surface area contributed by atoms with Crippen LogP contribution in [-0.4, -0.2) is 16.9 Å². The topological polar surface area (TPSA) is 54.4 Å². The SMILES string of the molecule is CC(=O)c1c2ccccc2cc2ccccc12.O=C(O)c1c(F)c(F)c(Br)c(F)c1F. The summed E-state index contributed by atoms with van der Waals surface area (Å²) in [6, 6.07) is 18.2. The quantitative estimate of drug-likeness (QED) is 0.109. The van der Waals surface area contributed by atoms with Gasteiger partial charge in [0.05, 0.1) is 4.47 Å². The summed E-state index contributed by atoms with van der Waals surface area (Å²) in [5, 5.41) is 12.6. The molecule has 3 nitrogen and oxygen atoms in total. The average molecular weight is 493 g/mol. The Kier molecular flexibility index (Phi) is 6.40. The fraction of sp³-hybridized carbons (Fsp3) is 0.0435. The zero-order valence-electron chi connectivity index (χ0n) is 15.8. The van der Waals surface area contributed by atoms with E-state index in [0.29, 0.717) is 0 Å². The lowest BCUT2D eigenvalue weighted by Crippen LogP contribution is -2.10. The Balaban J connectivity index is 0.000000180. The molecule has 0 bridgehead atoms. The summed E-state index contributed by atoms with van der Waals surface area (Å²) in [7, 11) is 0. The molecule has 0 fully saturated rings. The number of fused-ring (bicyclic) bond motifs is 2. The number of carbonyl (C=O) groups is 2. The third-order valence-corrected chi connectivity index (χ3v) is 5.24. The molecule has 0 aliphatic carbocycles. The molecule has 0 radical (unpaired) electrons. The number of halogens is 5. The summed E-state index contributed by atoms with van der Waals surface area (Å²) in [6.45, 7) is 1.63. The lowest BCUT2D eigenvalue weighted by Gasteiger charge is -2.08. The number of rotatable bonds is 2. The van der Waals surface area contributed by atoms with Crippen LogP contribution in [0.1, 0.15) is 27.6 Å². The second kappa shape index (κ2) is 8.85. The molecular weight excluding hydrogens is 480 g/mol. The molecule has 4 aromatic rings. The first kappa shape index (κ1) is 22.4. The van der Waals surface area contributed by atoms with Gasteiger partial charge in [0, 0.05) is 5.56 Å². The van der Waals surface area contributed by atoms with Gasteiger partial charge in [-0.25, -0.2) is 22.4 Å². The summed E-state index contributed by atoms with van der Waals surface area (Å²) in [6.07, 6.45) is 0. The van der Waals surface area contributed by atoms with Gasteiger partial charge in [0.1, 0.15) is 5.56 Å². The predicted molar refractivity (Wildman–Crippen MR) is 112 cm³/mol. The van der Waals surface area contributed by atoms with E-state index in [1.807, 2.05) is 48.5 Å². The molecule has 158 valence electrons. The summed E-state index contributed by atoms with van der Waals surface area (Å²) < 4.78 is 49.9. The summed E-state index contributed by atoms with van der Waals surface area (Å²) in [5.41, 5.74) is -0.818. The van der Waals surface area contributed by atoms with E-state index in [4.69, 9.17) is 5.11 Å². The van der Waals surface area contributed by atoms with Gasteiger partial charge in [-0.2, -0.15) is 0 Å². The van der Waals surface area contributed by atoms with Gasteiger partial charge in [-0.1, -0.05) is 48.5 Å². The van der Waals surface area contributed by atoms with E-state index >= 15 is 0 Å². The van der Waals surface area contributed by atoms with Crippen LogP contribution in [0.2, 0.25) is 0 Å². The summed E-state index contributed by atoms with van der Waals surface area (Å²) >= 11 is 2.24. The molecule has 0 aliphatic rings. The Morgan fingerprint density at radius 3 is 1.55 bits per heavy atom. The molecule has 31 heavy (non-hydrogen) atoms. The van der Waals surface area contributed by atoms with Crippen molar-refractivity contribution >= 4 is 49.2 Å². The highest BCUT2D eigenvalue weighted by Gasteiger charge is 2.27. The lowest BCUT2D eigenvalue weighted by atomic mass is 9.95. The number of ketones is 1. The highest BCUT2D eigenvalue weighted by atomic mass is 79.9. The number of hydrogen-bond acceptors (Lipinski definition) is 2. The number of aromatic carboxylic acids is 1. The molecule has 0 heterocycles. The van der Waals surface area contributed by atoms with Crippen LogP contribution >= 0.6 is 15.9 Å². The monoisotopic (exact) mass is 492 g/mol. The first-order chi connectivity index (χ1) is 14.6. The molecule has 0 aliphatic heterocycles. The molecule has 0 amide bonds. The number of carbonyl (C=O) groups excluding carboxylic acids is 1. The number of hydrogen-bond donors (Lipinski definition) is 1. The molecule has 1 N–H and O–H groups in total. The normalized spacial score (nSPS) is 10.6. The van der Waals surface area contributed by atoms with Crippen LogP contribution < -0.4 is 0 Å².